The second kappa shape index (κ2) is 5.70. The van der Waals surface area contributed by atoms with Crippen LogP contribution in [0.1, 0.15) is 25.8 Å². The van der Waals surface area contributed by atoms with Gasteiger partial charge in [0.15, 0.2) is 0 Å². The summed E-state index contributed by atoms with van der Waals surface area (Å²) in [6.07, 6.45) is -4.18. The first kappa shape index (κ1) is 16.3. The molecule has 112 valence electrons. The van der Waals surface area contributed by atoms with Crippen molar-refractivity contribution in [2.45, 2.75) is 32.0 Å². The molecule has 0 aliphatic heterocycles. The fraction of sp³-hybridized carbons (Fsp3) is 0.462. The number of hydrogen-bond donors (Lipinski definition) is 2. The molecule has 0 saturated carbocycles. The van der Waals surface area contributed by atoms with Crippen molar-refractivity contribution in [2.75, 3.05) is 18.2 Å². The Morgan fingerprint density at radius 1 is 1.40 bits per heavy atom. The van der Waals surface area contributed by atoms with Gasteiger partial charge in [-0.05, 0) is 31.5 Å². The van der Waals surface area contributed by atoms with Crippen molar-refractivity contribution in [2.24, 2.45) is 0 Å². The van der Waals surface area contributed by atoms with E-state index in [-0.39, 0.29) is 11.4 Å². The second-order valence-electron chi connectivity index (χ2n) is 4.54. The molecule has 1 amide bonds. The number of rotatable bonds is 4. The van der Waals surface area contributed by atoms with E-state index < -0.39 is 23.2 Å². The molecule has 0 bridgehead atoms. The minimum absolute atomic E-state index is 0.0215. The van der Waals surface area contributed by atoms with Gasteiger partial charge in [0.1, 0.15) is 5.60 Å². The quantitative estimate of drug-likeness (QED) is 0.838. The lowest BCUT2D eigenvalue weighted by Gasteiger charge is -2.25. The molecule has 4 nitrogen and oxygen atoms in total. The number of carbonyl (C=O) groups is 1. The predicted molar refractivity (Wildman–Crippen MR) is 70.2 cm³/mol. The first-order valence-corrected chi connectivity index (χ1v) is 5.97. The largest absolute Gasteiger partial charge is 0.418 e. The van der Waals surface area contributed by atoms with Gasteiger partial charge in [-0.3, -0.25) is 4.79 Å². The fourth-order valence-corrected chi connectivity index (χ4v) is 1.54. The fourth-order valence-electron chi connectivity index (χ4n) is 1.54. The topological polar surface area (TPSA) is 64.3 Å². The zero-order valence-electron chi connectivity index (χ0n) is 11.5. The number of halogens is 3. The Morgan fingerprint density at radius 3 is 2.45 bits per heavy atom. The summed E-state index contributed by atoms with van der Waals surface area (Å²) in [5.74, 6) is -0.514. The summed E-state index contributed by atoms with van der Waals surface area (Å²) < 4.78 is 43.2. The average molecular weight is 290 g/mol. The highest BCUT2D eigenvalue weighted by Gasteiger charge is 2.34. The minimum atomic E-state index is -4.57. The Balaban J connectivity index is 3.03. The number of nitrogens with two attached hydrogens (primary N) is 1. The van der Waals surface area contributed by atoms with Gasteiger partial charge in [0, 0.05) is 18.5 Å². The molecule has 0 aliphatic carbocycles. The third kappa shape index (κ3) is 3.41. The number of anilines is 2. The van der Waals surface area contributed by atoms with E-state index in [2.05, 4.69) is 5.32 Å². The number of amides is 1. The summed E-state index contributed by atoms with van der Waals surface area (Å²) >= 11 is 0. The zero-order chi connectivity index (χ0) is 15.6. The van der Waals surface area contributed by atoms with Crippen LogP contribution < -0.4 is 11.1 Å². The number of ether oxygens (including phenoxy) is 1. The van der Waals surface area contributed by atoms with Crippen LogP contribution in [0.2, 0.25) is 0 Å². The van der Waals surface area contributed by atoms with Crippen molar-refractivity contribution in [1.29, 1.82) is 0 Å². The Kier molecular flexibility index (Phi) is 4.65. The van der Waals surface area contributed by atoms with E-state index in [1.807, 2.05) is 0 Å². The molecule has 0 aliphatic rings. The monoisotopic (exact) mass is 290 g/mol. The van der Waals surface area contributed by atoms with Crippen molar-refractivity contribution in [3.63, 3.8) is 0 Å². The number of nitrogen functional groups attached to an aromatic ring is 1. The molecule has 20 heavy (non-hydrogen) atoms. The normalized spacial score (nSPS) is 14.7. The number of hydrogen-bond acceptors (Lipinski definition) is 3. The van der Waals surface area contributed by atoms with Crippen LogP contribution in [0.3, 0.4) is 0 Å². The Labute approximate surface area is 115 Å². The summed E-state index contributed by atoms with van der Waals surface area (Å²) in [5.41, 5.74) is 2.84. The smallest absolute Gasteiger partial charge is 0.398 e. The van der Waals surface area contributed by atoms with Gasteiger partial charge in [-0.25, -0.2) is 0 Å². The Morgan fingerprint density at radius 2 is 2.00 bits per heavy atom. The van der Waals surface area contributed by atoms with Gasteiger partial charge in [0.2, 0.25) is 0 Å². The van der Waals surface area contributed by atoms with Crippen LogP contribution in [0.15, 0.2) is 18.2 Å². The lowest BCUT2D eigenvalue weighted by Crippen LogP contribution is -2.41. The van der Waals surface area contributed by atoms with Gasteiger partial charge in [-0.15, -0.1) is 0 Å². The van der Waals surface area contributed by atoms with Crippen LogP contribution >= 0.6 is 0 Å². The first-order chi connectivity index (χ1) is 9.14. The molecular formula is C13H17F3N2O2. The maximum absolute atomic E-state index is 12.7. The minimum Gasteiger partial charge on any atom is -0.398 e. The molecule has 0 aromatic heterocycles. The third-order valence-corrected chi connectivity index (χ3v) is 3.22. The number of carbonyl (C=O) groups excluding carboxylic acids is 1. The van der Waals surface area contributed by atoms with Gasteiger partial charge in [-0.2, -0.15) is 13.2 Å². The Bertz CT molecular complexity index is 497. The first-order valence-electron chi connectivity index (χ1n) is 5.97. The van der Waals surface area contributed by atoms with E-state index in [0.717, 1.165) is 12.1 Å². The molecule has 1 unspecified atom stereocenters. The standard InChI is InChI=1S/C13H17F3N2O2/c1-4-12(2,20-3)11(19)18-8-5-6-10(17)9(7-8)13(14,15)16/h5-7H,4,17H2,1-3H3,(H,18,19). The van der Waals surface area contributed by atoms with E-state index in [4.69, 9.17) is 10.5 Å². The van der Waals surface area contributed by atoms with Gasteiger partial charge in [0.25, 0.3) is 5.91 Å². The van der Waals surface area contributed by atoms with E-state index in [0.29, 0.717) is 6.42 Å². The van der Waals surface area contributed by atoms with Crippen LogP contribution in [0.5, 0.6) is 0 Å². The number of nitrogens with one attached hydrogen (secondary N) is 1. The SMILES string of the molecule is CCC(C)(OC)C(=O)Nc1ccc(N)c(C(F)(F)F)c1. The van der Waals surface area contributed by atoms with Crippen molar-refractivity contribution in [3.8, 4) is 0 Å². The average Bonchev–Trinajstić information content (AvgIpc) is 2.38. The van der Waals surface area contributed by atoms with Crippen LogP contribution in [0.4, 0.5) is 24.5 Å². The summed E-state index contributed by atoms with van der Waals surface area (Å²) in [5, 5.41) is 2.40. The highest BCUT2D eigenvalue weighted by molar-refractivity contribution is 5.97. The zero-order valence-corrected chi connectivity index (χ0v) is 11.5. The van der Waals surface area contributed by atoms with Crippen molar-refractivity contribution < 1.29 is 22.7 Å². The van der Waals surface area contributed by atoms with Crippen LogP contribution in [-0.4, -0.2) is 18.6 Å². The van der Waals surface area contributed by atoms with E-state index in [1.54, 1.807) is 13.8 Å². The van der Waals surface area contributed by atoms with Gasteiger partial charge in [-0.1, -0.05) is 6.92 Å². The van der Waals surface area contributed by atoms with Crippen molar-refractivity contribution >= 4 is 17.3 Å². The van der Waals surface area contributed by atoms with E-state index >= 15 is 0 Å². The molecule has 0 radical (unpaired) electrons. The summed E-state index contributed by atoms with van der Waals surface area (Å²) in [6, 6.07) is 3.22. The molecule has 1 aromatic carbocycles. The third-order valence-electron chi connectivity index (χ3n) is 3.22. The van der Waals surface area contributed by atoms with Gasteiger partial charge >= 0.3 is 6.18 Å². The number of methoxy groups -OCH3 is 1. The van der Waals surface area contributed by atoms with Crippen LogP contribution in [0.25, 0.3) is 0 Å². The maximum Gasteiger partial charge on any atom is 0.418 e. The molecule has 1 aromatic rings. The summed E-state index contributed by atoms with van der Waals surface area (Å²) in [7, 11) is 1.37. The molecule has 0 fully saturated rings. The molecule has 3 N–H and O–H groups in total. The molecule has 1 atom stereocenters. The molecule has 0 heterocycles. The second-order valence-corrected chi connectivity index (χ2v) is 4.54. The van der Waals surface area contributed by atoms with Crippen molar-refractivity contribution in [3.05, 3.63) is 23.8 Å². The van der Waals surface area contributed by atoms with E-state index in [1.165, 1.54) is 13.2 Å². The van der Waals surface area contributed by atoms with Gasteiger partial charge in [0.05, 0.1) is 5.56 Å². The summed E-state index contributed by atoms with van der Waals surface area (Å²) in [4.78, 5) is 12.0. The van der Waals surface area contributed by atoms with Crippen LogP contribution in [0, 0.1) is 0 Å². The maximum atomic E-state index is 12.7. The molecule has 7 heteroatoms. The molecule has 1 rings (SSSR count). The highest BCUT2D eigenvalue weighted by Crippen LogP contribution is 2.35. The van der Waals surface area contributed by atoms with Crippen molar-refractivity contribution in [1.82, 2.24) is 0 Å². The Hall–Kier alpha value is -1.76. The molecular weight excluding hydrogens is 273 g/mol. The predicted octanol–water partition coefficient (Wildman–Crippen LogP) is 3.04. The number of benzene rings is 1. The molecule has 0 spiro atoms. The lowest BCUT2D eigenvalue weighted by molar-refractivity contribution is -0.137. The summed E-state index contributed by atoms with van der Waals surface area (Å²) in [6.45, 7) is 3.30. The van der Waals surface area contributed by atoms with Gasteiger partial charge < -0.3 is 15.8 Å². The van der Waals surface area contributed by atoms with Crippen LogP contribution in [-0.2, 0) is 15.7 Å². The highest BCUT2D eigenvalue weighted by atomic mass is 19.4. The van der Waals surface area contributed by atoms with E-state index in [9.17, 15) is 18.0 Å². The molecule has 0 saturated heterocycles. The number of alkyl halides is 3. The lowest BCUT2D eigenvalue weighted by atomic mass is 10.0.